The molecule has 1 aromatic carbocycles. The fourth-order valence-corrected chi connectivity index (χ4v) is 3.59. The first-order valence-electron chi connectivity index (χ1n) is 7.13. The van der Waals surface area contributed by atoms with Crippen molar-refractivity contribution in [3.8, 4) is 0 Å². The average Bonchev–Trinajstić information content (AvgIpc) is 3.13. The molecule has 1 saturated heterocycles. The Balaban J connectivity index is 1.69. The molecule has 5 heteroatoms. The lowest BCUT2D eigenvalue weighted by atomic mass is 10.0. The van der Waals surface area contributed by atoms with Crippen molar-refractivity contribution < 1.29 is 14.6 Å². The third-order valence-corrected chi connectivity index (χ3v) is 5.23. The van der Waals surface area contributed by atoms with E-state index < -0.39 is 5.60 Å². The van der Waals surface area contributed by atoms with Crippen LogP contribution < -0.4 is 5.32 Å². The lowest BCUT2D eigenvalue weighted by Gasteiger charge is -2.23. The zero-order chi connectivity index (χ0) is 14.9. The molecular formula is C16H19NO3S. The molecule has 2 aromatic rings. The van der Waals surface area contributed by atoms with Crippen molar-refractivity contribution in [2.75, 3.05) is 19.8 Å². The number of thiophene rings is 1. The van der Waals surface area contributed by atoms with E-state index >= 15 is 0 Å². The monoisotopic (exact) mass is 305 g/mol. The van der Waals surface area contributed by atoms with Gasteiger partial charge in [-0.15, -0.1) is 11.3 Å². The molecule has 1 aliphatic rings. The second kappa shape index (κ2) is 5.75. The van der Waals surface area contributed by atoms with Crippen molar-refractivity contribution in [1.29, 1.82) is 0 Å². The summed E-state index contributed by atoms with van der Waals surface area (Å²) in [6.07, 6.45) is 0.761. The second-order valence-electron chi connectivity index (χ2n) is 5.70. The van der Waals surface area contributed by atoms with Crippen molar-refractivity contribution >= 4 is 27.3 Å². The maximum Gasteiger partial charge on any atom is 0.225 e. The molecular weight excluding hydrogens is 286 g/mol. The topological polar surface area (TPSA) is 58.6 Å². The lowest BCUT2D eigenvalue weighted by Crippen LogP contribution is -2.41. The number of carbonyl (C=O) groups excluding carboxylic acids is 1. The highest BCUT2D eigenvalue weighted by atomic mass is 32.1. The summed E-state index contributed by atoms with van der Waals surface area (Å²) >= 11 is 1.56. The van der Waals surface area contributed by atoms with Crippen LogP contribution in [-0.2, 0) is 15.1 Å². The molecule has 0 bridgehead atoms. The maximum atomic E-state index is 12.0. The first-order chi connectivity index (χ1) is 10.1. The molecule has 1 fully saturated rings. The van der Waals surface area contributed by atoms with Crippen LogP contribution in [0.4, 0.5) is 0 Å². The summed E-state index contributed by atoms with van der Waals surface area (Å²) in [5.41, 5.74) is -1.06. The number of hydrogen-bond acceptors (Lipinski definition) is 4. The van der Waals surface area contributed by atoms with E-state index in [9.17, 15) is 9.90 Å². The summed E-state index contributed by atoms with van der Waals surface area (Å²) in [5, 5.41) is 14.6. The smallest absolute Gasteiger partial charge is 0.225 e. The number of benzene rings is 1. The Morgan fingerprint density at radius 3 is 3.05 bits per heavy atom. The normalized spacial score (nSPS) is 21.3. The van der Waals surface area contributed by atoms with Gasteiger partial charge in [-0.2, -0.15) is 0 Å². The van der Waals surface area contributed by atoms with Gasteiger partial charge in [0.05, 0.1) is 19.1 Å². The lowest BCUT2D eigenvalue weighted by molar-refractivity contribution is -0.126. The molecule has 21 heavy (non-hydrogen) atoms. The summed E-state index contributed by atoms with van der Waals surface area (Å²) in [4.78, 5) is 12.9. The molecule has 2 atom stereocenters. The van der Waals surface area contributed by atoms with Crippen molar-refractivity contribution in [2.24, 2.45) is 5.92 Å². The standard InChI is InChI=1S/C16H19NO3S/c1-16(19,10-17-15(18)12-6-7-20-9-12)14-8-11-4-2-3-5-13(11)21-14/h2-5,8,12,19H,6-7,9-10H2,1H3,(H,17,18)/t12-,16+/m1/s1. The summed E-state index contributed by atoms with van der Waals surface area (Å²) in [5.74, 6) is -0.114. The molecule has 0 spiro atoms. The van der Waals surface area contributed by atoms with Crippen LogP contribution in [0.25, 0.3) is 10.1 Å². The number of fused-ring (bicyclic) bond motifs is 1. The minimum absolute atomic E-state index is 0.0334. The number of aliphatic hydroxyl groups is 1. The highest BCUT2D eigenvalue weighted by Gasteiger charge is 2.29. The van der Waals surface area contributed by atoms with E-state index in [2.05, 4.69) is 5.32 Å². The summed E-state index contributed by atoms with van der Waals surface area (Å²) in [6.45, 7) is 3.08. The van der Waals surface area contributed by atoms with E-state index in [1.807, 2.05) is 30.3 Å². The van der Waals surface area contributed by atoms with E-state index in [0.717, 1.165) is 21.4 Å². The van der Waals surface area contributed by atoms with Crippen LogP contribution in [0, 0.1) is 5.92 Å². The highest BCUT2D eigenvalue weighted by molar-refractivity contribution is 7.19. The van der Waals surface area contributed by atoms with E-state index in [1.165, 1.54) is 0 Å². The van der Waals surface area contributed by atoms with Gasteiger partial charge in [0, 0.05) is 16.2 Å². The van der Waals surface area contributed by atoms with Crippen LogP contribution in [0.3, 0.4) is 0 Å². The van der Waals surface area contributed by atoms with Crippen LogP contribution in [0.5, 0.6) is 0 Å². The predicted octanol–water partition coefficient (Wildman–Crippen LogP) is 2.26. The molecule has 112 valence electrons. The molecule has 2 N–H and O–H groups in total. The van der Waals surface area contributed by atoms with Crippen LogP contribution in [0.2, 0.25) is 0 Å². The van der Waals surface area contributed by atoms with Crippen molar-refractivity contribution in [2.45, 2.75) is 18.9 Å². The summed E-state index contributed by atoms with van der Waals surface area (Å²) < 4.78 is 6.36. The van der Waals surface area contributed by atoms with Gasteiger partial charge in [-0.25, -0.2) is 0 Å². The van der Waals surface area contributed by atoms with Gasteiger partial charge in [-0.05, 0) is 30.9 Å². The summed E-state index contributed by atoms with van der Waals surface area (Å²) in [7, 11) is 0. The van der Waals surface area contributed by atoms with Gasteiger partial charge in [-0.3, -0.25) is 4.79 Å². The van der Waals surface area contributed by atoms with E-state index in [0.29, 0.717) is 13.2 Å². The Morgan fingerprint density at radius 2 is 2.33 bits per heavy atom. The van der Waals surface area contributed by atoms with Gasteiger partial charge in [0.25, 0.3) is 0 Å². The molecule has 1 amide bonds. The number of carbonyl (C=O) groups is 1. The zero-order valence-electron chi connectivity index (χ0n) is 12.0. The first kappa shape index (κ1) is 14.5. The molecule has 2 heterocycles. The van der Waals surface area contributed by atoms with Gasteiger partial charge in [0.1, 0.15) is 5.60 Å². The Hall–Kier alpha value is -1.43. The highest BCUT2D eigenvalue weighted by Crippen LogP contribution is 2.32. The van der Waals surface area contributed by atoms with Crippen LogP contribution in [0.15, 0.2) is 30.3 Å². The fraction of sp³-hybridized carbons (Fsp3) is 0.438. The Labute approximate surface area is 127 Å². The van der Waals surface area contributed by atoms with E-state index in [4.69, 9.17) is 4.74 Å². The molecule has 0 radical (unpaired) electrons. The van der Waals surface area contributed by atoms with Crippen LogP contribution >= 0.6 is 11.3 Å². The van der Waals surface area contributed by atoms with Gasteiger partial charge in [0.2, 0.25) is 5.91 Å². The van der Waals surface area contributed by atoms with E-state index in [1.54, 1.807) is 18.3 Å². The number of ether oxygens (including phenoxy) is 1. The maximum absolute atomic E-state index is 12.0. The zero-order valence-corrected chi connectivity index (χ0v) is 12.8. The summed E-state index contributed by atoms with van der Waals surface area (Å²) in [6, 6.07) is 10.0. The van der Waals surface area contributed by atoms with E-state index in [-0.39, 0.29) is 18.4 Å². The van der Waals surface area contributed by atoms with Gasteiger partial charge < -0.3 is 15.2 Å². The molecule has 3 rings (SSSR count). The Bertz CT molecular complexity index is 611. The molecule has 0 unspecified atom stereocenters. The molecule has 0 saturated carbocycles. The predicted molar refractivity (Wildman–Crippen MR) is 83.3 cm³/mol. The fourth-order valence-electron chi connectivity index (χ4n) is 2.48. The minimum Gasteiger partial charge on any atom is -0.383 e. The molecule has 4 nitrogen and oxygen atoms in total. The Kier molecular flexibility index (Phi) is 3.97. The van der Waals surface area contributed by atoms with Gasteiger partial charge >= 0.3 is 0 Å². The quantitative estimate of drug-likeness (QED) is 0.911. The number of rotatable bonds is 4. The molecule has 1 aliphatic heterocycles. The SMILES string of the molecule is C[C@](O)(CNC(=O)[C@@H]1CCOC1)c1cc2ccccc2s1. The Morgan fingerprint density at radius 1 is 1.52 bits per heavy atom. The van der Waals surface area contributed by atoms with Gasteiger partial charge in [0.15, 0.2) is 0 Å². The first-order valence-corrected chi connectivity index (χ1v) is 7.95. The number of hydrogen-bond donors (Lipinski definition) is 2. The second-order valence-corrected chi connectivity index (χ2v) is 6.78. The van der Waals surface area contributed by atoms with Crippen LogP contribution in [0.1, 0.15) is 18.2 Å². The number of nitrogens with one attached hydrogen (secondary N) is 1. The van der Waals surface area contributed by atoms with Crippen LogP contribution in [-0.4, -0.2) is 30.8 Å². The van der Waals surface area contributed by atoms with Crippen molar-refractivity contribution in [3.63, 3.8) is 0 Å². The molecule has 0 aliphatic carbocycles. The minimum atomic E-state index is -1.06. The third kappa shape index (κ3) is 3.10. The number of amides is 1. The van der Waals surface area contributed by atoms with Crippen molar-refractivity contribution in [3.05, 3.63) is 35.2 Å². The van der Waals surface area contributed by atoms with Gasteiger partial charge in [-0.1, -0.05) is 18.2 Å². The molecule has 1 aromatic heterocycles. The largest absolute Gasteiger partial charge is 0.383 e. The average molecular weight is 305 g/mol. The third-order valence-electron chi connectivity index (χ3n) is 3.86. The van der Waals surface area contributed by atoms with Crippen molar-refractivity contribution in [1.82, 2.24) is 5.32 Å².